The Hall–Kier alpha value is -3.35. The van der Waals surface area contributed by atoms with Gasteiger partial charge in [-0.15, -0.1) is 0 Å². The lowest BCUT2D eigenvalue weighted by Gasteiger charge is -2.19. The monoisotopic (exact) mass is 395 g/mol. The summed E-state index contributed by atoms with van der Waals surface area (Å²) in [6.07, 6.45) is 4.51. The molecule has 0 saturated carbocycles. The molecule has 0 radical (unpaired) electrons. The minimum atomic E-state index is -0.620. The van der Waals surface area contributed by atoms with E-state index in [1.165, 1.54) is 24.3 Å². The molecule has 1 aromatic carbocycles. The van der Waals surface area contributed by atoms with Gasteiger partial charge in [-0.2, -0.15) is 4.39 Å². The van der Waals surface area contributed by atoms with E-state index in [1.54, 1.807) is 18.5 Å². The second-order valence-electron chi connectivity index (χ2n) is 7.18. The average molecular weight is 395 g/mol. The van der Waals surface area contributed by atoms with E-state index >= 15 is 0 Å². The highest BCUT2D eigenvalue weighted by Crippen LogP contribution is 2.28. The molecule has 0 fully saturated rings. The highest BCUT2D eigenvalue weighted by atomic mass is 19.1. The fourth-order valence-electron chi connectivity index (χ4n) is 3.57. The molecule has 3 aromatic rings. The Labute approximate surface area is 166 Å². The number of aryl methyl sites for hydroxylation is 1. The molecular weight excluding hydrogens is 376 g/mol. The molecule has 1 N–H and O–H groups in total. The van der Waals surface area contributed by atoms with Crippen LogP contribution in [0.3, 0.4) is 0 Å². The number of nitrogens with zero attached hydrogens (tertiary/aromatic N) is 2. The van der Waals surface area contributed by atoms with Crippen molar-refractivity contribution in [2.24, 2.45) is 0 Å². The van der Waals surface area contributed by atoms with E-state index < -0.39 is 17.3 Å². The molecule has 4 rings (SSSR count). The summed E-state index contributed by atoms with van der Waals surface area (Å²) in [7, 11) is 0. The maximum atomic E-state index is 14.6. The van der Waals surface area contributed by atoms with Crippen molar-refractivity contribution in [3.8, 4) is 0 Å². The Bertz CT molecular complexity index is 1170. The Morgan fingerprint density at radius 3 is 2.66 bits per heavy atom. The van der Waals surface area contributed by atoms with Gasteiger partial charge in [0.05, 0.1) is 6.54 Å². The van der Waals surface area contributed by atoms with E-state index in [2.05, 4.69) is 10.3 Å². The van der Waals surface area contributed by atoms with Crippen LogP contribution in [-0.2, 0) is 24.2 Å². The van der Waals surface area contributed by atoms with Gasteiger partial charge in [-0.05, 0) is 53.3 Å². The molecule has 0 aliphatic carbocycles. The molecule has 0 saturated heterocycles. The molecule has 5 nitrogen and oxygen atoms in total. The van der Waals surface area contributed by atoms with Crippen LogP contribution in [0.4, 0.5) is 14.5 Å². The van der Waals surface area contributed by atoms with Gasteiger partial charge in [0.25, 0.3) is 5.56 Å². The van der Waals surface area contributed by atoms with Crippen molar-refractivity contribution < 1.29 is 13.6 Å². The minimum absolute atomic E-state index is 0.0525. The van der Waals surface area contributed by atoms with Crippen molar-refractivity contribution in [2.45, 2.75) is 32.7 Å². The summed E-state index contributed by atoms with van der Waals surface area (Å²) in [5.41, 5.74) is 3.82. The first kappa shape index (κ1) is 19.0. The van der Waals surface area contributed by atoms with Crippen LogP contribution in [0, 0.1) is 18.7 Å². The third kappa shape index (κ3) is 3.81. The van der Waals surface area contributed by atoms with Gasteiger partial charge in [0.15, 0.2) is 5.95 Å². The molecule has 148 valence electrons. The minimum Gasteiger partial charge on any atom is -0.326 e. The molecule has 0 spiro atoms. The largest absolute Gasteiger partial charge is 0.326 e. The van der Waals surface area contributed by atoms with Gasteiger partial charge < -0.3 is 5.32 Å². The van der Waals surface area contributed by atoms with Crippen LogP contribution < -0.4 is 10.9 Å². The number of amides is 1. The predicted octanol–water partition coefficient (Wildman–Crippen LogP) is 3.35. The Balaban J connectivity index is 1.65. The molecule has 1 amide bonds. The van der Waals surface area contributed by atoms with Gasteiger partial charge >= 0.3 is 0 Å². The van der Waals surface area contributed by atoms with E-state index in [1.807, 2.05) is 6.92 Å². The lowest BCUT2D eigenvalue weighted by Crippen LogP contribution is -2.22. The number of nitrogens with one attached hydrogen (secondary N) is 1. The third-order valence-corrected chi connectivity index (χ3v) is 5.30. The van der Waals surface area contributed by atoms with Gasteiger partial charge in [0, 0.05) is 37.0 Å². The predicted molar refractivity (Wildman–Crippen MR) is 105 cm³/mol. The smallest absolute Gasteiger partial charge is 0.253 e. The van der Waals surface area contributed by atoms with Crippen molar-refractivity contribution in [3.05, 3.63) is 92.7 Å². The van der Waals surface area contributed by atoms with Gasteiger partial charge in [0.1, 0.15) is 5.82 Å². The zero-order chi connectivity index (χ0) is 20.5. The lowest BCUT2D eigenvalue weighted by atomic mass is 9.94. The summed E-state index contributed by atoms with van der Waals surface area (Å²) in [6.45, 7) is 1.91. The number of carbonyl (C=O) groups excluding carboxylic acids is 1. The van der Waals surface area contributed by atoms with Crippen molar-refractivity contribution in [1.82, 2.24) is 9.55 Å². The highest BCUT2D eigenvalue weighted by Gasteiger charge is 2.18. The summed E-state index contributed by atoms with van der Waals surface area (Å²) >= 11 is 0. The van der Waals surface area contributed by atoms with E-state index in [4.69, 9.17) is 0 Å². The van der Waals surface area contributed by atoms with Crippen LogP contribution in [0.15, 0.2) is 47.5 Å². The second-order valence-corrected chi connectivity index (χ2v) is 7.18. The van der Waals surface area contributed by atoms with Crippen molar-refractivity contribution in [1.29, 1.82) is 0 Å². The SMILES string of the molecule is Cc1c(Cc2cc3c(cc2F)NC(=O)CC3)cncc1Cn1c(F)cccc1=O. The van der Waals surface area contributed by atoms with Gasteiger partial charge in [-0.3, -0.25) is 19.1 Å². The number of fused-ring (bicyclic) bond motifs is 1. The van der Waals surface area contributed by atoms with E-state index in [0.717, 1.165) is 21.3 Å². The van der Waals surface area contributed by atoms with Gasteiger partial charge in [-0.25, -0.2) is 4.39 Å². The Morgan fingerprint density at radius 2 is 1.86 bits per heavy atom. The summed E-state index contributed by atoms with van der Waals surface area (Å²) in [4.78, 5) is 27.7. The molecule has 1 aliphatic rings. The normalized spacial score (nSPS) is 13.1. The fraction of sp³-hybridized carbons (Fsp3) is 0.227. The summed E-state index contributed by atoms with van der Waals surface area (Å²) in [5.74, 6) is -1.13. The quantitative estimate of drug-likeness (QED) is 0.689. The van der Waals surface area contributed by atoms with E-state index in [0.29, 0.717) is 36.1 Å². The number of benzene rings is 1. The van der Waals surface area contributed by atoms with Crippen LogP contribution in [0.5, 0.6) is 0 Å². The number of anilines is 1. The Morgan fingerprint density at radius 1 is 1.07 bits per heavy atom. The zero-order valence-corrected chi connectivity index (χ0v) is 15.8. The number of rotatable bonds is 4. The first-order valence-electron chi connectivity index (χ1n) is 9.31. The molecule has 1 aliphatic heterocycles. The molecule has 29 heavy (non-hydrogen) atoms. The molecular formula is C22H19F2N3O2. The first-order chi connectivity index (χ1) is 13.9. The van der Waals surface area contributed by atoms with Gasteiger partial charge in [0.2, 0.25) is 5.91 Å². The average Bonchev–Trinajstić information content (AvgIpc) is 2.68. The second kappa shape index (κ2) is 7.58. The maximum absolute atomic E-state index is 14.6. The molecule has 0 bridgehead atoms. The third-order valence-electron chi connectivity index (χ3n) is 5.30. The van der Waals surface area contributed by atoms with Crippen LogP contribution >= 0.6 is 0 Å². The number of halogens is 2. The number of hydrogen-bond acceptors (Lipinski definition) is 3. The summed E-state index contributed by atoms with van der Waals surface area (Å²) in [6, 6.07) is 7.04. The molecule has 0 atom stereocenters. The van der Waals surface area contributed by atoms with Crippen LogP contribution in [0.2, 0.25) is 0 Å². The van der Waals surface area contributed by atoms with Crippen molar-refractivity contribution in [3.63, 3.8) is 0 Å². The van der Waals surface area contributed by atoms with Crippen molar-refractivity contribution >= 4 is 11.6 Å². The molecule has 0 unspecified atom stereocenters. The van der Waals surface area contributed by atoms with Crippen molar-refractivity contribution in [2.75, 3.05) is 5.32 Å². The highest BCUT2D eigenvalue weighted by molar-refractivity contribution is 5.93. The molecule has 2 aromatic heterocycles. The first-order valence-corrected chi connectivity index (χ1v) is 9.31. The Kier molecular flexibility index (Phi) is 4.96. The zero-order valence-electron chi connectivity index (χ0n) is 15.8. The fourth-order valence-corrected chi connectivity index (χ4v) is 3.57. The maximum Gasteiger partial charge on any atom is 0.253 e. The number of hydrogen-bond donors (Lipinski definition) is 1. The molecule has 7 heteroatoms. The summed E-state index contributed by atoms with van der Waals surface area (Å²) < 4.78 is 29.7. The topological polar surface area (TPSA) is 64.0 Å². The van der Waals surface area contributed by atoms with Crippen LogP contribution in [0.1, 0.15) is 34.2 Å². The lowest BCUT2D eigenvalue weighted by molar-refractivity contribution is -0.116. The van der Waals surface area contributed by atoms with Gasteiger partial charge in [-0.1, -0.05) is 12.1 Å². The van der Waals surface area contributed by atoms with Crippen LogP contribution in [-0.4, -0.2) is 15.5 Å². The van der Waals surface area contributed by atoms with E-state index in [-0.39, 0.29) is 12.5 Å². The number of pyridine rings is 2. The van der Waals surface area contributed by atoms with Crippen LogP contribution in [0.25, 0.3) is 0 Å². The standard InChI is InChI=1S/C22H19F2N3O2/c1-13-16(8-15-7-14-5-6-21(28)26-19(14)9-18(15)23)10-25-11-17(13)12-27-20(24)3-2-4-22(27)29/h2-4,7,9-11H,5-6,8,12H2,1H3,(H,26,28). The summed E-state index contributed by atoms with van der Waals surface area (Å²) in [5, 5.41) is 2.69. The van der Waals surface area contributed by atoms with E-state index in [9.17, 15) is 18.4 Å². The number of carbonyl (C=O) groups is 1. The molecule has 3 heterocycles. The number of aromatic nitrogens is 2.